The molecule has 0 unspecified atom stereocenters. The molecule has 1 saturated carbocycles. The molecule has 1 aliphatic carbocycles. The van der Waals surface area contributed by atoms with Crippen LogP contribution in [0, 0.1) is 5.82 Å². The summed E-state index contributed by atoms with van der Waals surface area (Å²) in [5, 5.41) is 3.83. The first kappa shape index (κ1) is 18.8. The Bertz CT molecular complexity index is 693. The van der Waals surface area contributed by atoms with E-state index >= 15 is 0 Å². The topological polar surface area (TPSA) is 30.5 Å². The Labute approximate surface area is 152 Å². The van der Waals surface area contributed by atoms with Crippen LogP contribution in [0.25, 0.3) is 0 Å². The Morgan fingerprint density at radius 3 is 2.67 bits per heavy atom. The van der Waals surface area contributed by atoms with Crippen LogP contribution in [0.3, 0.4) is 0 Å². The number of nitrogens with one attached hydrogen (secondary N) is 1. The normalized spacial score (nSPS) is 13.3. The first-order chi connectivity index (χ1) is 11.2. The van der Waals surface area contributed by atoms with Crippen LogP contribution in [0.15, 0.2) is 36.4 Å². The van der Waals surface area contributed by atoms with Gasteiger partial charge in [-0.05, 0) is 31.0 Å². The van der Waals surface area contributed by atoms with Gasteiger partial charge in [0.25, 0.3) is 0 Å². The zero-order valence-electron chi connectivity index (χ0n) is 13.4. The summed E-state index contributed by atoms with van der Waals surface area (Å²) >= 11 is 6.06. The molecule has 1 aliphatic rings. The quantitative estimate of drug-likeness (QED) is 0.762. The summed E-state index contributed by atoms with van der Waals surface area (Å²) in [5.74, 6) is 1.02. The van der Waals surface area contributed by atoms with Gasteiger partial charge in [0.1, 0.15) is 12.4 Å². The van der Waals surface area contributed by atoms with Crippen molar-refractivity contribution in [2.24, 2.45) is 0 Å². The van der Waals surface area contributed by atoms with E-state index in [-0.39, 0.29) is 24.8 Å². The summed E-state index contributed by atoms with van der Waals surface area (Å²) in [6, 6.07) is 10.7. The van der Waals surface area contributed by atoms with E-state index in [1.807, 2.05) is 18.2 Å². The molecule has 0 spiro atoms. The molecule has 0 aromatic heterocycles. The van der Waals surface area contributed by atoms with E-state index in [0.29, 0.717) is 22.6 Å². The lowest BCUT2D eigenvalue weighted by atomic mass is 10.1. The molecule has 1 N–H and O–H groups in total. The van der Waals surface area contributed by atoms with Gasteiger partial charge in [0.2, 0.25) is 0 Å². The summed E-state index contributed by atoms with van der Waals surface area (Å²) < 4.78 is 24.5. The van der Waals surface area contributed by atoms with Crippen molar-refractivity contribution in [2.45, 2.75) is 32.0 Å². The number of rotatable bonds is 7. The summed E-state index contributed by atoms with van der Waals surface area (Å²) in [7, 11) is 1.62. The van der Waals surface area contributed by atoms with E-state index in [4.69, 9.17) is 21.1 Å². The van der Waals surface area contributed by atoms with E-state index in [1.54, 1.807) is 13.2 Å². The van der Waals surface area contributed by atoms with Gasteiger partial charge in [0, 0.05) is 23.7 Å². The zero-order valence-corrected chi connectivity index (χ0v) is 14.9. The van der Waals surface area contributed by atoms with Gasteiger partial charge in [0.15, 0.2) is 11.5 Å². The molecule has 6 heteroatoms. The van der Waals surface area contributed by atoms with Crippen molar-refractivity contribution < 1.29 is 13.9 Å². The van der Waals surface area contributed by atoms with Crippen LogP contribution in [0.2, 0.25) is 5.02 Å². The van der Waals surface area contributed by atoms with Crippen LogP contribution < -0.4 is 14.8 Å². The molecule has 0 bridgehead atoms. The lowest BCUT2D eigenvalue weighted by molar-refractivity contribution is 0.280. The minimum Gasteiger partial charge on any atom is -0.493 e. The van der Waals surface area contributed by atoms with Gasteiger partial charge in [-0.1, -0.05) is 29.8 Å². The highest BCUT2D eigenvalue weighted by Gasteiger charge is 2.21. The Morgan fingerprint density at radius 2 is 2.00 bits per heavy atom. The second-order valence-electron chi connectivity index (χ2n) is 5.63. The summed E-state index contributed by atoms with van der Waals surface area (Å²) in [5.41, 5.74) is 1.77. The maximum atomic E-state index is 13.1. The third-order valence-electron chi connectivity index (χ3n) is 3.83. The number of methoxy groups -OCH3 is 1. The smallest absolute Gasteiger partial charge is 0.166 e. The Hall–Kier alpha value is -1.49. The summed E-state index contributed by atoms with van der Waals surface area (Å²) in [6.07, 6.45) is 2.46. The number of hydrogen-bond donors (Lipinski definition) is 1. The van der Waals surface area contributed by atoms with E-state index in [1.165, 1.54) is 25.0 Å². The van der Waals surface area contributed by atoms with Crippen molar-refractivity contribution in [2.75, 3.05) is 7.11 Å². The number of benzene rings is 2. The fourth-order valence-corrected chi connectivity index (χ4v) is 2.58. The second-order valence-corrected chi connectivity index (χ2v) is 6.04. The van der Waals surface area contributed by atoms with Crippen LogP contribution in [0.4, 0.5) is 4.39 Å². The third kappa shape index (κ3) is 4.76. The van der Waals surface area contributed by atoms with Gasteiger partial charge in [-0.15, -0.1) is 12.4 Å². The SMILES string of the molecule is COc1cccc(CNC2CC2)c1OCc1ccc(F)cc1Cl.Cl. The molecule has 2 aromatic rings. The summed E-state index contributed by atoms with van der Waals surface area (Å²) in [4.78, 5) is 0. The maximum Gasteiger partial charge on any atom is 0.166 e. The zero-order chi connectivity index (χ0) is 16.2. The number of hydrogen-bond acceptors (Lipinski definition) is 3. The van der Waals surface area contributed by atoms with Crippen LogP contribution >= 0.6 is 24.0 Å². The Balaban J connectivity index is 0.00000208. The average Bonchev–Trinajstić information content (AvgIpc) is 3.36. The van der Waals surface area contributed by atoms with Crippen LogP contribution in [-0.2, 0) is 13.2 Å². The molecule has 0 saturated heterocycles. The van der Waals surface area contributed by atoms with E-state index in [0.717, 1.165) is 17.7 Å². The van der Waals surface area contributed by atoms with Crippen LogP contribution in [-0.4, -0.2) is 13.2 Å². The minimum absolute atomic E-state index is 0. The highest BCUT2D eigenvalue weighted by atomic mass is 35.5. The van der Waals surface area contributed by atoms with Crippen LogP contribution in [0.5, 0.6) is 11.5 Å². The van der Waals surface area contributed by atoms with E-state index < -0.39 is 0 Å². The Morgan fingerprint density at radius 1 is 1.21 bits per heavy atom. The second kappa shape index (κ2) is 8.56. The van der Waals surface area contributed by atoms with Gasteiger partial charge in [-0.25, -0.2) is 4.39 Å². The van der Waals surface area contributed by atoms with Crippen molar-refractivity contribution in [3.63, 3.8) is 0 Å². The number of ether oxygens (including phenoxy) is 2. The van der Waals surface area contributed by atoms with Crippen molar-refractivity contribution in [1.29, 1.82) is 0 Å². The van der Waals surface area contributed by atoms with Gasteiger partial charge in [0.05, 0.1) is 12.1 Å². The van der Waals surface area contributed by atoms with Gasteiger partial charge in [-0.3, -0.25) is 0 Å². The van der Waals surface area contributed by atoms with Crippen molar-refractivity contribution in [3.05, 3.63) is 58.4 Å². The minimum atomic E-state index is -0.356. The lowest BCUT2D eigenvalue weighted by Gasteiger charge is -2.16. The molecular formula is C18H20Cl2FNO2. The van der Waals surface area contributed by atoms with Crippen molar-refractivity contribution >= 4 is 24.0 Å². The lowest BCUT2D eigenvalue weighted by Crippen LogP contribution is -2.16. The average molecular weight is 372 g/mol. The maximum absolute atomic E-state index is 13.1. The number of para-hydroxylation sites is 1. The highest BCUT2D eigenvalue weighted by Crippen LogP contribution is 2.33. The molecule has 0 radical (unpaired) electrons. The van der Waals surface area contributed by atoms with Crippen molar-refractivity contribution in [3.8, 4) is 11.5 Å². The highest BCUT2D eigenvalue weighted by molar-refractivity contribution is 6.31. The number of halogens is 3. The monoisotopic (exact) mass is 371 g/mol. The first-order valence-corrected chi connectivity index (χ1v) is 8.01. The molecule has 0 atom stereocenters. The first-order valence-electron chi connectivity index (χ1n) is 7.63. The van der Waals surface area contributed by atoms with E-state index in [9.17, 15) is 4.39 Å². The standard InChI is InChI=1S/C18H19ClFNO2.ClH/c1-22-17-4-2-3-12(10-21-15-7-8-15)18(17)23-11-13-5-6-14(20)9-16(13)19;/h2-6,9,15,21H,7-8,10-11H2,1H3;1H. The fourth-order valence-electron chi connectivity index (χ4n) is 2.36. The molecule has 1 fully saturated rings. The molecule has 2 aromatic carbocycles. The largest absolute Gasteiger partial charge is 0.493 e. The molecule has 0 amide bonds. The molecule has 0 aliphatic heterocycles. The predicted octanol–water partition coefficient (Wildman–Crippen LogP) is 4.74. The van der Waals surface area contributed by atoms with E-state index in [2.05, 4.69) is 5.32 Å². The van der Waals surface area contributed by atoms with Gasteiger partial charge < -0.3 is 14.8 Å². The molecule has 0 heterocycles. The predicted molar refractivity (Wildman–Crippen MR) is 95.8 cm³/mol. The molecule has 3 nitrogen and oxygen atoms in total. The van der Waals surface area contributed by atoms with Gasteiger partial charge >= 0.3 is 0 Å². The molecule has 3 rings (SSSR count). The van der Waals surface area contributed by atoms with Crippen molar-refractivity contribution in [1.82, 2.24) is 5.32 Å². The summed E-state index contributed by atoms with van der Waals surface area (Å²) in [6.45, 7) is 0.990. The molecule has 130 valence electrons. The molecule has 24 heavy (non-hydrogen) atoms. The van der Waals surface area contributed by atoms with Gasteiger partial charge in [-0.2, -0.15) is 0 Å². The van der Waals surface area contributed by atoms with Crippen LogP contribution in [0.1, 0.15) is 24.0 Å². The fraction of sp³-hybridized carbons (Fsp3) is 0.333. The third-order valence-corrected chi connectivity index (χ3v) is 4.18. The molecular weight excluding hydrogens is 352 g/mol. The Kier molecular flexibility index (Phi) is 6.72.